The van der Waals surface area contributed by atoms with E-state index in [9.17, 15) is 4.39 Å². The third kappa shape index (κ3) is 1.96. The van der Waals surface area contributed by atoms with Crippen molar-refractivity contribution in [3.05, 3.63) is 63.4 Å². The van der Waals surface area contributed by atoms with Crippen molar-refractivity contribution < 1.29 is 4.39 Å². The molecule has 1 aliphatic heterocycles. The summed E-state index contributed by atoms with van der Waals surface area (Å²) >= 11 is 11.9. The quantitative estimate of drug-likeness (QED) is 0.789. The molecular weight excluding hydrogens is 272 g/mol. The molecule has 1 atom stereocenters. The van der Waals surface area contributed by atoms with Crippen molar-refractivity contribution in [1.29, 1.82) is 0 Å². The lowest BCUT2D eigenvalue weighted by atomic mass is 10.0. The van der Waals surface area contributed by atoms with Crippen LogP contribution >= 0.6 is 23.2 Å². The van der Waals surface area contributed by atoms with Crippen LogP contribution in [0.4, 0.5) is 10.1 Å². The van der Waals surface area contributed by atoms with Crippen LogP contribution in [0.2, 0.25) is 10.0 Å². The van der Waals surface area contributed by atoms with Crippen LogP contribution in [0.3, 0.4) is 0 Å². The van der Waals surface area contributed by atoms with Gasteiger partial charge in [-0.05, 0) is 35.7 Å². The molecular formula is C14H10Cl2FN. The molecule has 0 amide bonds. The molecule has 4 heteroatoms. The van der Waals surface area contributed by atoms with Crippen molar-refractivity contribution in [2.45, 2.75) is 12.5 Å². The number of benzene rings is 2. The summed E-state index contributed by atoms with van der Waals surface area (Å²) in [6, 6.07) is 10.7. The normalized spacial score (nSPS) is 17.4. The second-order valence-electron chi connectivity index (χ2n) is 4.35. The summed E-state index contributed by atoms with van der Waals surface area (Å²) in [6.45, 7) is 0. The number of anilines is 1. The Balaban J connectivity index is 1.94. The number of rotatable bonds is 1. The highest BCUT2D eigenvalue weighted by molar-refractivity contribution is 6.42. The van der Waals surface area contributed by atoms with Gasteiger partial charge in [-0.2, -0.15) is 0 Å². The van der Waals surface area contributed by atoms with Gasteiger partial charge >= 0.3 is 0 Å². The Morgan fingerprint density at radius 3 is 2.67 bits per heavy atom. The van der Waals surface area contributed by atoms with E-state index < -0.39 is 0 Å². The lowest BCUT2D eigenvalue weighted by Crippen LogP contribution is -2.06. The van der Waals surface area contributed by atoms with Crippen LogP contribution in [0.25, 0.3) is 0 Å². The van der Waals surface area contributed by atoms with Gasteiger partial charge in [-0.3, -0.25) is 0 Å². The minimum absolute atomic E-state index is 0.0478. The first-order valence-corrected chi connectivity index (χ1v) is 6.39. The van der Waals surface area contributed by atoms with E-state index in [1.54, 1.807) is 12.1 Å². The summed E-state index contributed by atoms with van der Waals surface area (Å²) in [5, 5.41) is 4.24. The zero-order chi connectivity index (χ0) is 12.7. The van der Waals surface area contributed by atoms with E-state index in [4.69, 9.17) is 23.2 Å². The molecule has 1 nitrogen and oxygen atoms in total. The predicted octanol–water partition coefficient (Wildman–Crippen LogP) is 4.84. The SMILES string of the molecule is Fc1cccc2c1NC(c1ccc(Cl)c(Cl)c1)C2. The molecule has 0 saturated carbocycles. The van der Waals surface area contributed by atoms with Crippen molar-refractivity contribution in [1.82, 2.24) is 0 Å². The second kappa shape index (κ2) is 4.45. The van der Waals surface area contributed by atoms with Gasteiger partial charge in [-0.25, -0.2) is 4.39 Å². The van der Waals surface area contributed by atoms with E-state index in [-0.39, 0.29) is 11.9 Å². The molecule has 0 fully saturated rings. The van der Waals surface area contributed by atoms with E-state index in [1.165, 1.54) is 6.07 Å². The first-order valence-electron chi connectivity index (χ1n) is 5.64. The Hall–Kier alpha value is -1.25. The highest BCUT2D eigenvalue weighted by atomic mass is 35.5. The summed E-state index contributed by atoms with van der Waals surface area (Å²) in [6.07, 6.45) is 0.755. The molecule has 92 valence electrons. The van der Waals surface area contributed by atoms with Crippen LogP contribution in [0.1, 0.15) is 17.2 Å². The highest BCUT2D eigenvalue weighted by Gasteiger charge is 2.24. The van der Waals surface area contributed by atoms with Gasteiger partial charge in [0, 0.05) is 0 Å². The average molecular weight is 282 g/mol. The van der Waals surface area contributed by atoms with Gasteiger partial charge in [-0.15, -0.1) is 0 Å². The zero-order valence-electron chi connectivity index (χ0n) is 9.38. The molecule has 3 rings (SSSR count). The van der Waals surface area contributed by atoms with Crippen LogP contribution < -0.4 is 5.32 Å². The summed E-state index contributed by atoms with van der Waals surface area (Å²) < 4.78 is 13.6. The number of halogens is 3. The Morgan fingerprint density at radius 1 is 1.11 bits per heavy atom. The van der Waals surface area contributed by atoms with Crippen LogP contribution in [-0.2, 0) is 6.42 Å². The summed E-state index contributed by atoms with van der Waals surface area (Å²) in [4.78, 5) is 0. The number of hydrogen-bond acceptors (Lipinski definition) is 1. The smallest absolute Gasteiger partial charge is 0.146 e. The van der Waals surface area contributed by atoms with Gasteiger partial charge in [-0.1, -0.05) is 41.4 Å². The minimum atomic E-state index is -0.213. The lowest BCUT2D eigenvalue weighted by Gasteiger charge is -2.12. The molecule has 0 aromatic heterocycles. The van der Waals surface area contributed by atoms with Gasteiger partial charge < -0.3 is 5.32 Å². The number of para-hydroxylation sites is 1. The van der Waals surface area contributed by atoms with Gasteiger partial charge in [0.2, 0.25) is 0 Å². The molecule has 2 aromatic rings. The molecule has 0 spiro atoms. The van der Waals surface area contributed by atoms with Crippen molar-refractivity contribution in [2.24, 2.45) is 0 Å². The third-order valence-corrected chi connectivity index (χ3v) is 3.93. The highest BCUT2D eigenvalue weighted by Crippen LogP contribution is 2.37. The fraction of sp³-hybridized carbons (Fsp3) is 0.143. The van der Waals surface area contributed by atoms with E-state index in [2.05, 4.69) is 5.32 Å². The minimum Gasteiger partial charge on any atom is -0.375 e. The van der Waals surface area contributed by atoms with Gasteiger partial charge in [0.1, 0.15) is 5.82 Å². The molecule has 1 unspecified atom stereocenters. The van der Waals surface area contributed by atoms with Gasteiger partial charge in [0.05, 0.1) is 21.8 Å². The molecule has 0 saturated heterocycles. The Morgan fingerprint density at radius 2 is 1.94 bits per heavy atom. The largest absolute Gasteiger partial charge is 0.375 e. The Bertz CT molecular complexity index is 613. The molecule has 0 bridgehead atoms. The van der Waals surface area contributed by atoms with E-state index in [1.807, 2.05) is 18.2 Å². The standard InChI is InChI=1S/C14H10Cl2FN/c15-10-5-4-8(6-11(10)16)13-7-9-2-1-3-12(17)14(9)18-13/h1-6,13,18H,7H2. The van der Waals surface area contributed by atoms with Crippen molar-refractivity contribution in [2.75, 3.05) is 5.32 Å². The van der Waals surface area contributed by atoms with Crippen molar-refractivity contribution >= 4 is 28.9 Å². The fourth-order valence-electron chi connectivity index (χ4n) is 2.28. The first kappa shape index (κ1) is 11.8. The fourth-order valence-corrected chi connectivity index (χ4v) is 2.58. The van der Waals surface area contributed by atoms with E-state index in [0.29, 0.717) is 15.7 Å². The Kier molecular flexibility index (Phi) is 2.92. The number of nitrogens with one attached hydrogen (secondary N) is 1. The van der Waals surface area contributed by atoms with Crippen molar-refractivity contribution in [3.63, 3.8) is 0 Å². The monoisotopic (exact) mass is 281 g/mol. The molecule has 1 aliphatic rings. The van der Waals surface area contributed by atoms with Gasteiger partial charge in [0.25, 0.3) is 0 Å². The number of hydrogen-bond donors (Lipinski definition) is 1. The first-order chi connectivity index (χ1) is 8.65. The van der Waals surface area contributed by atoms with E-state index >= 15 is 0 Å². The Labute approximate surface area is 115 Å². The van der Waals surface area contributed by atoms with E-state index in [0.717, 1.165) is 17.5 Å². The van der Waals surface area contributed by atoms with Crippen LogP contribution in [0.5, 0.6) is 0 Å². The van der Waals surface area contributed by atoms with Crippen LogP contribution in [-0.4, -0.2) is 0 Å². The maximum Gasteiger partial charge on any atom is 0.146 e. The molecule has 18 heavy (non-hydrogen) atoms. The van der Waals surface area contributed by atoms with Crippen LogP contribution in [0, 0.1) is 5.82 Å². The maximum atomic E-state index is 13.6. The second-order valence-corrected chi connectivity index (χ2v) is 5.16. The molecule has 2 aromatic carbocycles. The summed E-state index contributed by atoms with van der Waals surface area (Å²) in [5.74, 6) is -0.213. The maximum absolute atomic E-state index is 13.6. The third-order valence-electron chi connectivity index (χ3n) is 3.19. The average Bonchev–Trinajstić information content (AvgIpc) is 2.78. The molecule has 1 N–H and O–H groups in total. The van der Waals surface area contributed by atoms with Crippen molar-refractivity contribution in [3.8, 4) is 0 Å². The predicted molar refractivity (Wildman–Crippen MR) is 72.9 cm³/mol. The number of fused-ring (bicyclic) bond motifs is 1. The lowest BCUT2D eigenvalue weighted by molar-refractivity contribution is 0.630. The van der Waals surface area contributed by atoms with Gasteiger partial charge in [0.15, 0.2) is 0 Å². The summed E-state index contributed by atoms with van der Waals surface area (Å²) in [5.41, 5.74) is 2.60. The summed E-state index contributed by atoms with van der Waals surface area (Å²) in [7, 11) is 0. The molecule has 0 radical (unpaired) electrons. The molecule has 0 aliphatic carbocycles. The topological polar surface area (TPSA) is 12.0 Å². The van der Waals surface area contributed by atoms with Crippen LogP contribution in [0.15, 0.2) is 36.4 Å². The molecule has 1 heterocycles. The zero-order valence-corrected chi connectivity index (χ0v) is 10.9.